The fourth-order valence-corrected chi connectivity index (χ4v) is 5.58. The van der Waals surface area contributed by atoms with Crippen molar-refractivity contribution in [2.24, 2.45) is 17.2 Å². The molecule has 1 rings (SSSR count). The van der Waals surface area contributed by atoms with E-state index >= 15 is 0 Å². The van der Waals surface area contributed by atoms with Crippen LogP contribution in [0.3, 0.4) is 0 Å². The highest BCUT2D eigenvalue weighted by Crippen LogP contribution is 2.12. The Kier molecular flexibility index (Phi) is 21.3. The summed E-state index contributed by atoms with van der Waals surface area (Å²) in [6, 6.07) is -1.41. The first-order chi connectivity index (χ1) is 24.1. The summed E-state index contributed by atoms with van der Waals surface area (Å²) in [6.07, 6.45) is 4.54. The van der Waals surface area contributed by atoms with Crippen LogP contribution in [-0.2, 0) is 40.0 Å². The number of rotatable bonds is 25. The Morgan fingerprint density at radius 3 is 1.76 bits per heavy atom. The lowest BCUT2D eigenvalue weighted by Gasteiger charge is -2.26. The summed E-state index contributed by atoms with van der Waals surface area (Å²) in [5, 5.41) is 31.8. The number of nitrogens with one attached hydrogen (secondary N) is 5. The van der Waals surface area contributed by atoms with Crippen LogP contribution in [0.25, 0.3) is 0 Å². The van der Waals surface area contributed by atoms with Gasteiger partial charge in [-0.3, -0.25) is 28.8 Å². The van der Waals surface area contributed by atoms with Gasteiger partial charge in [0.2, 0.25) is 35.4 Å². The summed E-state index contributed by atoms with van der Waals surface area (Å²) < 4.78 is 0. The molecular formula is C32H52N8O9S2. The summed E-state index contributed by atoms with van der Waals surface area (Å²) in [5.41, 5.74) is 17.3. The number of hydrogen-bond acceptors (Lipinski definition) is 12. The number of phenols is 1. The third-order valence-corrected chi connectivity index (χ3v) is 8.86. The van der Waals surface area contributed by atoms with Gasteiger partial charge in [0, 0.05) is 6.42 Å². The van der Waals surface area contributed by atoms with Gasteiger partial charge in [-0.15, -0.1) is 0 Å². The molecule has 0 radical (unpaired) electrons. The number of thioether (sulfide) groups is 2. The van der Waals surface area contributed by atoms with Gasteiger partial charge in [-0.1, -0.05) is 12.1 Å². The minimum Gasteiger partial charge on any atom is -0.508 e. The molecule has 0 aliphatic carbocycles. The highest BCUT2D eigenvalue weighted by molar-refractivity contribution is 7.98. The zero-order valence-corrected chi connectivity index (χ0v) is 30.8. The highest BCUT2D eigenvalue weighted by atomic mass is 32.2. The molecule has 0 spiro atoms. The van der Waals surface area contributed by atoms with Gasteiger partial charge in [0.1, 0.15) is 36.0 Å². The lowest BCUT2D eigenvalue weighted by atomic mass is 10.0. The van der Waals surface area contributed by atoms with Crippen LogP contribution < -0.4 is 43.8 Å². The van der Waals surface area contributed by atoms with Crippen molar-refractivity contribution in [1.82, 2.24) is 26.6 Å². The van der Waals surface area contributed by atoms with Crippen molar-refractivity contribution in [2.75, 3.05) is 30.6 Å². The van der Waals surface area contributed by atoms with Gasteiger partial charge in [-0.2, -0.15) is 23.5 Å². The lowest BCUT2D eigenvalue weighted by molar-refractivity contribution is -0.142. The Morgan fingerprint density at radius 2 is 1.22 bits per heavy atom. The largest absolute Gasteiger partial charge is 0.508 e. The van der Waals surface area contributed by atoms with Gasteiger partial charge in [-0.25, -0.2) is 4.79 Å². The van der Waals surface area contributed by atoms with Crippen LogP contribution in [0.2, 0.25) is 0 Å². The Labute approximate surface area is 306 Å². The van der Waals surface area contributed by atoms with Crippen LogP contribution in [0.5, 0.6) is 5.75 Å². The summed E-state index contributed by atoms with van der Waals surface area (Å²) in [5.74, 6) is -4.94. The smallest absolute Gasteiger partial charge is 0.326 e. The Morgan fingerprint density at radius 1 is 0.706 bits per heavy atom. The summed E-state index contributed by atoms with van der Waals surface area (Å²) in [4.78, 5) is 89.3. The quantitative estimate of drug-likeness (QED) is 0.0499. The van der Waals surface area contributed by atoms with Crippen molar-refractivity contribution in [3.05, 3.63) is 29.8 Å². The lowest BCUT2D eigenvalue weighted by Crippen LogP contribution is -2.59. The first-order valence-corrected chi connectivity index (χ1v) is 19.2. The van der Waals surface area contributed by atoms with Crippen molar-refractivity contribution in [2.45, 2.75) is 88.1 Å². The van der Waals surface area contributed by atoms with Crippen LogP contribution in [-0.4, -0.2) is 118 Å². The molecule has 0 fully saturated rings. The Hall–Kier alpha value is -4.07. The first-order valence-electron chi connectivity index (χ1n) is 16.4. The maximum absolute atomic E-state index is 13.5. The standard InChI is InChI=1S/C32H52N8O9S2/c1-18(36-31(47)24(17-26(35)42)39-28(44)21(34)11-14-50-2)27(43)37-22(6-4-5-13-33)29(45)38-23(12-15-51-3)30(46)40-25(32(48)49)16-19-7-9-20(41)10-8-19/h7-10,18,21-25,41H,4-6,11-17,33-34H2,1-3H3,(H2,35,42)(H,36,47)(H,37,43)(H,38,45)(H,39,44)(H,40,46)(H,48,49). The van der Waals surface area contributed by atoms with Gasteiger partial charge >= 0.3 is 5.97 Å². The molecule has 13 N–H and O–H groups in total. The third-order valence-electron chi connectivity index (χ3n) is 7.57. The van der Waals surface area contributed by atoms with E-state index in [1.807, 2.05) is 6.26 Å². The Bertz CT molecular complexity index is 1320. The predicted octanol–water partition coefficient (Wildman–Crippen LogP) is -1.70. The number of aromatic hydroxyl groups is 1. The van der Waals surface area contributed by atoms with E-state index in [9.17, 15) is 43.8 Å². The summed E-state index contributed by atoms with van der Waals surface area (Å²) in [7, 11) is 0. The van der Waals surface area contributed by atoms with E-state index < -0.39 is 84.1 Å². The zero-order chi connectivity index (χ0) is 38.5. The van der Waals surface area contributed by atoms with Crippen LogP contribution in [0, 0.1) is 0 Å². The maximum Gasteiger partial charge on any atom is 0.326 e. The van der Waals surface area contributed by atoms with Crippen LogP contribution in [0.15, 0.2) is 24.3 Å². The van der Waals surface area contributed by atoms with Crippen molar-refractivity contribution in [3.8, 4) is 5.75 Å². The number of benzene rings is 1. The number of phenolic OH excluding ortho intramolecular Hbond substituents is 1. The second-order valence-corrected chi connectivity index (χ2v) is 13.8. The molecule has 0 heterocycles. The SMILES string of the molecule is CSCCC(N)C(=O)NC(CC(N)=O)C(=O)NC(C)C(=O)NC(CCCCN)C(=O)NC(CCSC)C(=O)NC(Cc1ccc(O)cc1)C(=O)O. The molecule has 6 amide bonds. The average molecular weight is 757 g/mol. The zero-order valence-electron chi connectivity index (χ0n) is 29.1. The molecule has 0 bridgehead atoms. The number of carbonyl (C=O) groups excluding carboxylic acids is 6. The molecular weight excluding hydrogens is 705 g/mol. The number of nitrogens with two attached hydrogens (primary N) is 3. The maximum atomic E-state index is 13.5. The molecule has 19 heteroatoms. The van der Waals surface area contributed by atoms with Crippen molar-refractivity contribution >= 4 is 64.9 Å². The minimum absolute atomic E-state index is 0.00194. The molecule has 6 atom stereocenters. The fraction of sp³-hybridized carbons (Fsp3) is 0.594. The monoisotopic (exact) mass is 756 g/mol. The van der Waals surface area contributed by atoms with E-state index in [-0.39, 0.29) is 25.0 Å². The normalized spacial score (nSPS) is 14.5. The number of unbranched alkanes of at least 4 members (excludes halogenated alkanes) is 1. The van der Waals surface area contributed by atoms with Gasteiger partial charge in [-0.05, 0) is 87.3 Å². The molecule has 6 unspecified atom stereocenters. The number of carbonyl (C=O) groups is 7. The van der Waals surface area contributed by atoms with E-state index in [2.05, 4.69) is 26.6 Å². The predicted molar refractivity (Wildman–Crippen MR) is 195 cm³/mol. The van der Waals surface area contributed by atoms with Crippen molar-refractivity contribution in [1.29, 1.82) is 0 Å². The number of hydrogen-bond donors (Lipinski definition) is 10. The Balaban J connectivity index is 3.07. The van der Waals surface area contributed by atoms with Gasteiger partial charge in [0.05, 0.1) is 12.5 Å². The van der Waals surface area contributed by atoms with E-state index in [4.69, 9.17) is 17.2 Å². The van der Waals surface area contributed by atoms with Crippen LogP contribution in [0.4, 0.5) is 0 Å². The second kappa shape index (κ2) is 24.2. The molecule has 0 aliphatic heterocycles. The number of amides is 6. The summed E-state index contributed by atoms with van der Waals surface area (Å²) >= 11 is 2.88. The van der Waals surface area contributed by atoms with E-state index in [1.165, 1.54) is 54.7 Å². The number of aliphatic carboxylic acids is 1. The highest BCUT2D eigenvalue weighted by Gasteiger charge is 2.32. The molecule has 17 nitrogen and oxygen atoms in total. The second-order valence-electron chi connectivity index (χ2n) is 11.8. The summed E-state index contributed by atoms with van der Waals surface area (Å²) in [6.45, 7) is 1.66. The molecule has 1 aromatic carbocycles. The number of primary amides is 1. The van der Waals surface area contributed by atoms with Crippen LogP contribution in [0.1, 0.15) is 51.0 Å². The van der Waals surface area contributed by atoms with E-state index in [0.29, 0.717) is 42.9 Å². The van der Waals surface area contributed by atoms with Gasteiger partial charge < -0.3 is 54.0 Å². The molecule has 51 heavy (non-hydrogen) atoms. The fourth-order valence-electron chi connectivity index (χ4n) is 4.62. The topological polar surface area (TPSA) is 298 Å². The van der Waals surface area contributed by atoms with Crippen molar-refractivity contribution in [3.63, 3.8) is 0 Å². The van der Waals surface area contributed by atoms with Gasteiger partial charge in [0.25, 0.3) is 0 Å². The molecule has 0 aromatic heterocycles. The van der Waals surface area contributed by atoms with E-state index in [1.54, 1.807) is 6.26 Å². The molecule has 0 saturated heterocycles. The molecule has 0 aliphatic rings. The minimum atomic E-state index is -1.41. The van der Waals surface area contributed by atoms with Crippen molar-refractivity contribution < 1.29 is 43.8 Å². The number of carboxylic acid groups (broad SMARTS) is 1. The average Bonchev–Trinajstić information content (AvgIpc) is 3.08. The van der Waals surface area contributed by atoms with E-state index in [0.717, 1.165) is 0 Å². The number of carboxylic acids is 1. The first kappa shape index (κ1) is 45.0. The van der Waals surface area contributed by atoms with Gasteiger partial charge in [0.15, 0.2) is 0 Å². The third kappa shape index (κ3) is 17.6. The molecule has 286 valence electrons. The molecule has 0 saturated carbocycles. The molecule has 1 aromatic rings. The van der Waals surface area contributed by atoms with Crippen LogP contribution >= 0.6 is 23.5 Å².